The van der Waals surface area contributed by atoms with Crippen LogP contribution in [0.2, 0.25) is 0 Å². The van der Waals surface area contributed by atoms with Crippen molar-refractivity contribution in [1.82, 2.24) is 5.32 Å². The van der Waals surface area contributed by atoms with Gasteiger partial charge in [0, 0.05) is 11.6 Å². The first-order valence-corrected chi connectivity index (χ1v) is 5.98. The van der Waals surface area contributed by atoms with Gasteiger partial charge in [-0.15, -0.1) is 0 Å². The first kappa shape index (κ1) is 12.8. The summed E-state index contributed by atoms with van der Waals surface area (Å²) in [4.78, 5) is 11.5. The van der Waals surface area contributed by atoms with Crippen molar-refractivity contribution in [3.63, 3.8) is 0 Å². The minimum absolute atomic E-state index is 0.245. The van der Waals surface area contributed by atoms with E-state index in [0.29, 0.717) is 18.8 Å². The number of nitrogens with one attached hydrogen (secondary N) is 1. The predicted molar refractivity (Wildman–Crippen MR) is 63.7 cm³/mol. The number of carbonyl (C=O) groups excluding carboxylic acids is 1. The molecular weight excluding hydrogens is 237 g/mol. The minimum Gasteiger partial charge on any atom is -0.493 e. The molecule has 2 unspecified atom stereocenters. The zero-order chi connectivity index (χ0) is 13.1. The van der Waals surface area contributed by atoms with Crippen molar-refractivity contribution in [3.05, 3.63) is 29.6 Å². The number of aliphatic hydroxyl groups is 1. The molecule has 0 radical (unpaired) electrons. The smallest absolute Gasteiger partial charge is 0.249 e. The zero-order valence-electron chi connectivity index (χ0n) is 10.1. The van der Waals surface area contributed by atoms with E-state index in [1.807, 2.05) is 0 Å². The number of aliphatic hydroxyl groups excluding tert-OH is 1. The molecule has 2 N–H and O–H groups in total. The highest BCUT2D eigenvalue weighted by Gasteiger charge is 2.23. The summed E-state index contributed by atoms with van der Waals surface area (Å²) in [7, 11) is 0. The van der Waals surface area contributed by atoms with Gasteiger partial charge < -0.3 is 15.2 Å². The molecule has 0 aromatic heterocycles. The highest BCUT2D eigenvalue weighted by Crippen LogP contribution is 2.32. The fourth-order valence-electron chi connectivity index (χ4n) is 1.99. The first-order chi connectivity index (χ1) is 8.58. The lowest BCUT2D eigenvalue weighted by atomic mass is 10.0. The zero-order valence-corrected chi connectivity index (χ0v) is 10.1. The molecule has 0 fully saturated rings. The summed E-state index contributed by atoms with van der Waals surface area (Å²) in [5, 5.41) is 12.0. The van der Waals surface area contributed by atoms with Crippen LogP contribution < -0.4 is 10.1 Å². The lowest BCUT2D eigenvalue weighted by Gasteiger charge is -2.19. The molecule has 4 nitrogen and oxygen atoms in total. The van der Waals surface area contributed by atoms with E-state index in [9.17, 15) is 14.3 Å². The molecule has 0 saturated heterocycles. The molecule has 1 aromatic carbocycles. The van der Waals surface area contributed by atoms with Gasteiger partial charge in [-0.25, -0.2) is 4.39 Å². The van der Waals surface area contributed by atoms with Gasteiger partial charge in [0.2, 0.25) is 5.91 Å². The Bertz CT molecular complexity index is 448. The Hall–Kier alpha value is -1.62. The molecule has 1 heterocycles. The molecule has 1 aliphatic heterocycles. The highest BCUT2D eigenvalue weighted by atomic mass is 19.1. The third kappa shape index (κ3) is 2.79. The monoisotopic (exact) mass is 253 g/mol. The third-order valence-corrected chi connectivity index (χ3v) is 2.94. The molecular formula is C13H16FNO3. The first-order valence-electron chi connectivity index (χ1n) is 5.98. The van der Waals surface area contributed by atoms with Crippen molar-refractivity contribution >= 4 is 5.91 Å². The average Bonchev–Trinajstić information content (AvgIpc) is 2.51. The van der Waals surface area contributed by atoms with E-state index in [2.05, 4.69) is 5.32 Å². The maximum Gasteiger partial charge on any atom is 0.249 e. The number of amides is 1. The van der Waals surface area contributed by atoms with Gasteiger partial charge in [0.05, 0.1) is 12.6 Å². The van der Waals surface area contributed by atoms with Crippen LogP contribution in [0.4, 0.5) is 4.39 Å². The molecule has 1 aliphatic rings. The number of halogens is 1. The fraction of sp³-hybridized carbons (Fsp3) is 0.462. The summed E-state index contributed by atoms with van der Waals surface area (Å²) in [6, 6.07) is 4.03. The number of hydrogen-bond donors (Lipinski definition) is 2. The molecule has 0 aliphatic carbocycles. The number of ether oxygens (including phenoxy) is 1. The van der Waals surface area contributed by atoms with Gasteiger partial charge in [-0.3, -0.25) is 4.79 Å². The van der Waals surface area contributed by atoms with Crippen LogP contribution in [-0.2, 0) is 4.79 Å². The SMILES string of the molecule is CC(O)C(=O)NC1CCCOc2cc(F)ccc21. The van der Waals surface area contributed by atoms with Crippen molar-refractivity contribution in [2.75, 3.05) is 6.61 Å². The number of hydrogen-bond acceptors (Lipinski definition) is 3. The Labute approximate surface area is 105 Å². The molecule has 5 heteroatoms. The number of rotatable bonds is 2. The van der Waals surface area contributed by atoms with Crippen molar-refractivity contribution in [1.29, 1.82) is 0 Å². The number of carbonyl (C=O) groups is 1. The van der Waals surface area contributed by atoms with Gasteiger partial charge in [0.25, 0.3) is 0 Å². The molecule has 18 heavy (non-hydrogen) atoms. The summed E-state index contributed by atoms with van der Waals surface area (Å²) in [5.41, 5.74) is 0.753. The van der Waals surface area contributed by atoms with Crippen LogP contribution >= 0.6 is 0 Å². The largest absolute Gasteiger partial charge is 0.493 e. The maximum atomic E-state index is 13.1. The second-order valence-electron chi connectivity index (χ2n) is 4.41. The molecule has 2 atom stereocenters. The van der Waals surface area contributed by atoms with Crippen LogP contribution in [-0.4, -0.2) is 23.7 Å². The highest BCUT2D eigenvalue weighted by molar-refractivity contribution is 5.80. The minimum atomic E-state index is -1.06. The van der Waals surface area contributed by atoms with Crippen LogP contribution in [0.15, 0.2) is 18.2 Å². The van der Waals surface area contributed by atoms with Gasteiger partial charge in [-0.1, -0.05) is 6.07 Å². The quantitative estimate of drug-likeness (QED) is 0.840. The van der Waals surface area contributed by atoms with Crippen LogP contribution in [0, 0.1) is 5.82 Å². The van der Waals surface area contributed by atoms with E-state index >= 15 is 0 Å². The van der Waals surface area contributed by atoms with Crippen molar-refractivity contribution in [2.45, 2.75) is 31.9 Å². The molecule has 1 aromatic rings. The van der Waals surface area contributed by atoms with E-state index in [1.54, 1.807) is 6.07 Å². The Morgan fingerprint density at radius 3 is 3.11 bits per heavy atom. The normalized spacial score (nSPS) is 20.3. The summed E-state index contributed by atoms with van der Waals surface area (Å²) >= 11 is 0. The van der Waals surface area contributed by atoms with E-state index < -0.39 is 12.0 Å². The second-order valence-corrected chi connectivity index (χ2v) is 4.41. The topological polar surface area (TPSA) is 58.6 Å². The van der Waals surface area contributed by atoms with E-state index in [1.165, 1.54) is 19.1 Å². The summed E-state index contributed by atoms with van der Waals surface area (Å²) in [5.74, 6) is -0.336. The lowest BCUT2D eigenvalue weighted by molar-refractivity contribution is -0.129. The van der Waals surface area contributed by atoms with Gasteiger partial charge >= 0.3 is 0 Å². The second kappa shape index (κ2) is 5.35. The fourth-order valence-corrected chi connectivity index (χ4v) is 1.99. The Kier molecular flexibility index (Phi) is 3.81. The van der Waals surface area contributed by atoms with Crippen LogP contribution in [0.3, 0.4) is 0 Å². The molecule has 0 saturated carbocycles. The molecule has 0 spiro atoms. The van der Waals surface area contributed by atoms with Gasteiger partial charge in [-0.2, -0.15) is 0 Å². The van der Waals surface area contributed by atoms with E-state index in [-0.39, 0.29) is 11.9 Å². The van der Waals surface area contributed by atoms with Gasteiger partial charge in [0.15, 0.2) is 0 Å². The molecule has 0 bridgehead atoms. The predicted octanol–water partition coefficient (Wildman–Crippen LogP) is 1.54. The molecule has 2 rings (SSSR count). The van der Waals surface area contributed by atoms with E-state index in [0.717, 1.165) is 12.0 Å². The maximum absolute atomic E-state index is 13.1. The Morgan fingerprint density at radius 1 is 1.61 bits per heavy atom. The van der Waals surface area contributed by atoms with Gasteiger partial charge in [0.1, 0.15) is 17.7 Å². The summed E-state index contributed by atoms with van der Waals surface area (Å²) in [6.45, 7) is 1.91. The lowest BCUT2D eigenvalue weighted by Crippen LogP contribution is -2.35. The van der Waals surface area contributed by atoms with Gasteiger partial charge in [-0.05, 0) is 25.8 Å². The number of fused-ring (bicyclic) bond motifs is 1. The van der Waals surface area contributed by atoms with Crippen molar-refractivity contribution < 1.29 is 19.0 Å². The molecule has 98 valence electrons. The van der Waals surface area contributed by atoms with Crippen LogP contribution in [0.25, 0.3) is 0 Å². The summed E-state index contributed by atoms with van der Waals surface area (Å²) in [6.07, 6.45) is 0.413. The van der Waals surface area contributed by atoms with Crippen LogP contribution in [0.1, 0.15) is 31.4 Å². The van der Waals surface area contributed by atoms with Crippen LogP contribution in [0.5, 0.6) is 5.75 Å². The van der Waals surface area contributed by atoms with E-state index in [4.69, 9.17) is 4.74 Å². The number of benzene rings is 1. The third-order valence-electron chi connectivity index (χ3n) is 2.94. The summed E-state index contributed by atoms with van der Waals surface area (Å²) < 4.78 is 18.6. The Balaban J connectivity index is 2.24. The van der Waals surface area contributed by atoms with Crippen molar-refractivity contribution in [2.24, 2.45) is 0 Å². The standard InChI is InChI=1S/C13H16FNO3/c1-8(16)13(17)15-11-3-2-6-18-12-7-9(14)4-5-10(11)12/h4-5,7-8,11,16H,2-3,6H2,1H3,(H,15,17). The molecule has 1 amide bonds. The Morgan fingerprint density at radius 2 is 2.39 bits per heavy atom. The van der Waals surface area contributed by atoms with Crippen molar-refractivity contribution in [3.8, 4) is 5.75 Å². The average molecular weight is 253 g/mol.